The molecule has 1 aliphatic carbocycles. The first-order valence-corrected chi connectivity index (χ1v) is 12.1. The number of benzene rings is 1. The Bertz CT molecular complexity index is 943. The van der Waals surface area contributed by atoms with Crippen LogP contribution in [0.4, 0.5) is 4.79 Å². The number of carbonyl (C=O) groups excluding carboxylic acids is 3. The zero-order valence-corrected chi connectivity index (χ0v) is 19.4. The third-order valence-corrected chi connectivity index (χ3v) is 6.69. The van der Waals surface area contributed by atoms with E-state index >= 15 is 0 Å². The SMILES string of the molecule is O=C(N[C@@H](Cc1cnc[nH]1)C(=O)NC(=O)[C@@H]1CCCN1C1CCCCC1)OCc1ccccc1. The number of hydrogen-bond acceptors (Lipinski definition) is 6. The Morgan fingerprint density at radius 2 is 1.88 bits per heavy atom. The number of nitrogens with zero attached hydrogens (tertiary/aromatic N) is 2. The molecule has 2 fully saturated rings. The summed E-state index contributed by atoms with van der Waals surface area (Å²) in [5.41, 5.74) is 1.51. The fraction of sp³-hybridized carbons (Fsp3) is 0.520. The van der Waals surface area contributed by atoms with E-state index in [-0.39, 0.29) is 25.0 Å². The molecule has 2 heterocycles. The van der Waals surface area contributed by atoms with Gasteiger partial charge in [0.15, 0.2) is 0 Å². The summed E-state index contributed by atoms with van der Waals surface area (Å²) in [6.07, 6.45) is 10.1. The molecule has 3 N–H and O–H groups in total. The van der Waals surface area contributed by atoms with Gasteiger partial charge in [-0.25, -0.2) is 9.78 Å². The van der Waals surface area contributed by atoms with Gasteiger partial charge in [0.25, 0.3) is 0 Å². The van der Waals surface area contributed by atoms with E-state index in [9.17, 15) is 14.4 Å². The number of imidazole rings is 1. The van der Waals surface area contributed by atoms with E-state index in [4.69, 9.17) is 4.74 Å². The molecule has 2 aliphatic rings. The molecule has 0 spiro atoms. The van der Waals surface area contributed by atoms with Crippen molar-refractivity contribution in [2.75, 3.05) is 6.54 Å². The smallest absolute Gasteiger partial charge is 0.408 e. The molecule has 0 unspecified atom stereocenters. The van der Waals surface area contributed by atoms with E-state index in [2.05, 4.69) is 25.5 Å². The van der Waals surface area contributed by atoms with E-state index in [0.29, 0.717) is 11.7 Å². The summed E-state index contributed by atoms with van der Waals surface area (Å²) < 4.78 is 5.28. The Kier molecular flexibility index (Phi) is 8.30. The lowest BCUT2D eigenvalue weighted by molar-refractivity contribution is -0.134. The van der Waals surface area contributed by atoms with Crippen LogP contribution in [0.25, 0.3) is 0 Å². The molecule has 1 aromatic heterocycles. The molecular formula is C25H33N5O4. The minimum absolute atomic E-state index is 0.0857. The standard InChI is InChI=1S/C25H33N5O4/c31-23(29-24(32)22-12-7-13-30(22)20-10-5-2-6-11-20)21(14-19-15-26-17-27-19)28-25(33)34-16-18-8-3-1-4-9-18/h1,3-4,8-9,15,17,20-22H,2,5-7,10-14,16H2,(H,26,27)(H,28,33)(H,29,31,32)/t21-,22-/m0/s1. The van der Waals surface area contributed by atoms with Crippen LogP contribution in [0.15, 0.2) is 42.9 Å². The summed E-state index contributed by atoms with van der Waals surface area (Å²) in [7, 11) is 0. The maximum absolute atomic E-state index is 13.1. The second kappa shape index (κ2) is 11.8. The second-order valence-electron chi connectivity index (χ2n) is 9.08. The summed E-state index contributed by atoms with van der Waals surface area (Å²) in [5.74, 6) is -0.839. The Morgan fingerprint density at radius 3 is 2.62 bits per heavy atom. The summed E-state index contributed by atoms with van der Waals surface area (Å²) in [5, 5.41) is 5.17. The molecule has 9 nitrogen and oxygen atoms in total. The van der Waals surface area contributed by atoms with Crippen LogP contribution in [0.5, 0.6) is 0 Å². The molecule has 1 aromatic carbocycles. The number of alkyl carbamates (subject to hydrolysis) is 1. The minimum Gasteiger partial charge on any atom is -0.445 e. The van der Waals surface area contributed by atoms with Crippen LogP contribution in [-0.2, 0) is 27.4 Å². The van der Waals surface area contributed by atoms with Crippen molar-refractivity contribution in [1.29, 1.82) is 0 Å². The number of rotatable bonds is 8. The monoisotopic (exact) mass is 467 g/mol. The van der Waals surface area contributed by atoms with Gasteiger partial charge in [-0.05, 0) is 37.8 Å². The number of likely N-dealkylation sites (tertiary alicyclic amines) is 1. The van der Waals surface area contributed by atoms with Gasteiger partial charge in [-0.15, -0.1) is 0 Å². The quantitative estimate of drug-likeness (QED) is 0.550. The molecule has 1 aliphatic heterocycles. The molecular weight excluding hydrogens is 434 g/mol. The zero-order chi connectivity index (χ0) is 23.8. The Morgan fingerprint density at radius 1 is 1.09 bits per heavy atom. The molecule has 182 valence electrons. The van der Waals surface area contributed by atoms with E-state index in [1.807, 2.05) is 30.3 Å². The molecule has 0 bridgehead atoms. The van der Waals surface area contributed by atoms with Crippen LogP contribution in [0, 0.1) is 0 Å². The highest BCUT2D eigenvalue weighted by molar-refractivity contribution is 6.01. The van der Waals surface area contributed by atoms with Crippen molar-refractivity contribution in [1.82, 2.24) is 25.5 Å². The van der Waals surface area contributed by atoms with E-state index in [1.165, 1.54) is 25.6 Å². The largest absolute Gasteiger partial charge is 0.445 e. The van der Waals surface area contributed by atoms with Gasteiger partial charge in [0, 0.05) is 24.4 Å². The fourth-order valence-electron chi connectivity index (χ4n) is 4.94. The average molecular weight is 468 g/mol. The molecule has 1 saturated heterocycles. The highest BCUT2D eigenvalue weighted by atomic mass is 16.5. The van der Waals surface area contributed by atoms with E-state index in [1.54, 1.807) is 6.20 Å². The lowest BCUT2D eigenvalue weighted by atomic mass is 9.93. The van der Waals surface area contributed by atoms with Gasteiger partial charge in [-0.3, -0.25) is 19.8 Å². The molecule has 4 rings (SSSR count). The highest BCUT2D eigenvalue weighted by Gasteiger charge is 2.37. The Balaban J connectivity index is 1.36. The fourth-order valence-corrected chi connectivity index (χ4v) is 4.94. The Labute approximate surface area is 199 Å². The molecule has 3 amide bonds. The first-order chi connectivity index (χ1) is 16.6. The minimum atomic E-state index is -0.975. The van der Waals surface area contributed by atoms with Gasteiger partial charge < -0.3 is 15.0 Å². The summed E-state index contributed by atoms with van der Waals surface area (Å²) in [4.78, 5) is 47.8. The van der Waals surface area contributed by atoms with Gasteiger partial charge in [0.1, 0.15) is 12.6 Å². The van der Waals surface area contributed by atoms with Crippen LogP contribution in [0.2, 0.25) is 0 Å². The summed E-state index contributed by atoms with van der Waals surface area (Å²) in [6.45, 7) is 0.973. The molecule has 2 atom stereocenters. The summed E-state index contributed by atoms with van der Waals surface area (Å²) in [6, 6.07) is 8.43. The normalized spacial score (nSPS) is 19.9. The number of hydrogen-bond donors (Lipinski definition) is 3. The zero-order valence-electron chi connectivity index (χ0n) is 19.4. The van der Waals surface area contributed by atoms with Crippen molar-refractivity contribution < 1.29 is 19.1 Å². The van der Waals surface area contributed by atoms with E-state index < -0.39 is 18.0 Å². The summed E-state index contributed by atoms with van der Waals surface area (Å²) >= 11 is 0. The number of nitrogens with one attached hydrogen (secondary N) is 3. The number of amides is 3. The van der Waals surface area contributed by atoms with Crippen LogP contribution < -0.4 is 10.6 Å². The predicted molar refractivity (Wildman–Crippen MR) is 126 cm³/mol. The second-order valence-corrected chi connectivity index (χ2v) is 9.08. The number of aromatic amines is 1. The maximum Gasteiger partial charge on any atom is 0.408 e. The van der Waals surface area contributed by atoms with Gasteiger partial charge in [-0.2, -0.15) is 0 Å². The lowest BCUT2D eigenvalue weighted by Gasteiger charge is -2.34. The third-order valence-electron chi connectivity index (χ3n) is 6.69. The predicted octanol–water partition coefficient (Wildman–Crippen LogP) is 2.69. The maximum atomic E-state index is 13.1. The van der Waals surface area contributed by atoms with Crippen LogP contribution in [-0.4, -0.2) is 57.4 Å². The van der Waals surface area contributed by atoms with Crippen LogP contribution in [0.3, 0.4) is 0 Å². The first-order valence-electron chi connectivity index (χ1n) is 12.1. The van der Waals surface area contributed by atoms with Gasteiger partial charge >= 0.3 is 6.09 Å². The molecule has 9 heteroatoms. The molecule has 34 heavy (non-hydrogen) atoms. The van der Waals surface area contributed by atoms with Crippen molar-refractivity contribution in [3.63, 3.8) is 0 Å². The van der Waals surface area contributed by atoms with Crippen molar-refractivity contribution >= 4 is 17.9 Å². The highest BCUT2D eigenvalue weighted by Crippen LogP contribution is 2.29. The number of imide groups is 1. The Hall–Kier alpha value is -3.20. The van der Waals surface area contributed by atoms with Crippen LogP contribution in [0.1, 0.15) is 56.2 Å². The number of H-pyrrole nitrogens is 1. The van der Waals surface area contributed by atoms with Gasteiger partial charge in [0.2, 0.25) is 11.8 Å². The van der Waals surface area contributed by atoms with E-state index in [0.717, 1.165) is 37.8 Å². The number of carbonyl (C=O) groups is 3. The molecule has 1 saturated carbocycles. The topological polar surface area (TPSA) is 116 Å². The van der Waals surface area contributed by atoms with Crippen molar-refractivity contribution in [2.24, 2.45) is 0 Å². The average Bonchev–Trinajstić information content (AvgIpc) is 3.56. The van der Waals surface area contributed by atoms with Crippen molar-refractivity contribution in [2.45, 2.75) is 76.1 Å². The number of aromatic nitrogens is 2. The van der Waals surface area contributed by atoms with Gasteiger partial charge in [-0.1, -0.05) is 49.6 Å². The van der Waals surface area contributed by atoms with Gasteiger partial charge in [0.05, 0.1) is 12.4 Å². The van der Waals surface area contributed by atoms with Crippen LogP contribution >= 0.6 is 0 Å². The third kappa shape index (κ3) is 6.44. The first kappa shape index (κ1) is 23.9. The van der Waals surface area contributed by atoms with Crippen molar-refractivity contribution in [3.8, 4) is 0 Å². The molecule has 0 radical (unpaired) electrons. The molecule has 2 aromatic rings. The van der Waals surface area contributed by atoms with Crippen molar-refractivity contribution in [3.05, 3.63) is 54.1 Å². The number of ether oxygens (including phenoxy) is 1. The lowest BCUT2D eigenvalue weighted by Crippen LogP contribution is -2.54.